The topological polar surface area (TPSA) is 91.7 Å². The maximum absolute atomic E-state index is 11.1. The van der Waals surface area contributed by atoms with Crippen molar-refractivity contribution >= 4 is 17.7 Å². The van der Waals surface area contributed by atoms with Gasteiger partial charge >= 0.3 is 11.9 Å². The van der Waals surface area contributed by atoms with Gasteiger partial charge in [-0.1, -0.05) is 0 Å². The van der Waals surface area contributed by atoms with Gasteiger partial charge in [-0.25, -0.2) is 0 Å². The lowest BCUT2D eigenvalue weighted by atomic mass is 9.93. The summed E-state index contributed by atoms with van der Waals surface area (Å²) in [4.78, 5) is 31.6. The molecule has 0 amide bonds. The number of Topliss-reactive ketones (excluding diaryl/α,β-unsaturated/α-hetero) is 1. The fraction of sp³-hybridized carbons (Fsp3) is 0.700. The van der Waals surface area contributed by atoms with Gasteiger partial charge in [0.15, 0.2) is 0 Å². The van der Waals surface area contributed by atoms with E-state index in [0.29, 0.717) is 19.3 Å². The second-order valence-corrected chi connectivity index (χ2v) is 3.53. The average molecular weight is 216 g/mol. The van der Waals surface area contributed by atoms with E-state index in [-0.39, 0.29) is 24.5 Å². The zero-order chi connectivity index (χ0) is 11.8. The van der Waals surface area contributed by atoms with Gasteiger partial charge in [0, 0.05) is 18.8 Å². The molecule has 0 aliphatic carbocycles. The van der Waals surface area contributed by atoms with E-state index in [1.165, 1.54) is 6.92 Å². The van der Waals surface area contributed by atoms with Gasteiger partial charge in [-0.05, 0) is 26.2 Å². The van der Waals surface area contributed by atoms with Crippen molar-refractivity contribution in [1.29, 1.82) is 0 Å². The molecule has 2 N–H and O–H groups in total. The third-order valence-corrected chi connectivity index (χ3v) is 2.22. The van der Waals surface area contributed by atoms with Gasteiger partial charge in [0.05, 0.1) is 0 Å². The molecule has 0 radical (unpaired) electrons. The molecule has 0 aromatic carbocycles. The molecule has 0 aliphatic rings. The van der Waals surface area contributed by atoms with E-state index in [1.54, 1.807) is 0 Å². The minimum atomic E-state index is -0.931. The third kappa shape index (κ3) is 7.66. The molecule has 0 fully saturated rings. The maximum atomic E-state index is 11.1. The van der Waals surface area contributed by atoms with Crippen molar-refractivity contribution in [2.24, 2.45) is 5.92 Å². The van der Waals surface area contributed by atoms with E-state index >= 15 is 0 Å². The van der Waals surface area contributed by atoms with Crippen LogP contribution in [0.2, 0.25) is 0 Å². The van der Waals surface area contributed by atoms with Crippen LogP contribution in [0, 0.1) is 5.92 Å². The van der Waals surface area contributed by atoms with Crippen LogP contribution in [0.4, 0.5) is 0 Å². The molecule has 5 nitrogen and oxygen atoms in total. The largest absolute Gasteiger partial charge is 0.481 e. The van der Waals surface area contributed by atoms with Crippen LogP contribution in [-0.2, 0) is 14.4 Å². The lowest BCUT2D eigenvalue weighted by Crippen LogP contribution is -2.13. The summed E-state index contributed by atoms with van der Waals surface area (Å²) in [5.41, 5.74) is 0. The predicted molar refractivity (Wildman–Crippen MR) is 52.5 cm³/mol. The van der Waals surface area contributed by atoms with Crippen LogP contribution < -0.4 is 0 Å². The van der Waals surface area contributed by atoms with Crippen LogP contribution in [0.5, 0.6) is 0 Å². The van der Waals surface area contributed by atoms with E-state index < -0.39 is 11.9 Å². The van der Waals surface area contributed by atoms with E-state index in [0.717, 1.165) is 0 Å². The first-order chi connectivity index (χ1) is 6.93. The van der Waals surface area contributed by atoms with Crippen molar-refractivity contribution in [3.05, 3.63) is 0 Å². The molecule has 0 spiro atoms. The van der Waals surface area contributed by atoms with E-state index in [2.05, 4.69) is 0 Å². The number of ketones is 1. The fourth-order valence-corrected chi connectivity index (χ4v) is 1.35. The van der Waals surface area contributed by atoms with E-state index in [1.807, 2.05) is 0 Å². The number of carboxylic acid groups (broad SMARTS) is 2. The van der Waals surface area contributed by atoms with Crippen molar-refractivity contribution in [2.45, 2.75) is 39.0 Å². The Morgan fingerprint density at radius 1 is 1.00 bits per heavy atom. The number of carbonyl (C=O) groups excluding carboxylic acids is 1. The van der Waals surface area contributed by atoms with Crippen LogP contribution in [-0.4, -0.2) is 27.9 Å². The smallest absolute Gasteiger partial charge is 0.303 e. The highest BCUT2D eigenvalue weighted by molar-refractivity contribution is 5.79. The molecular weight excluding hydrogens is 200 g/mol. The second kappa shape index (κ2) is 6.98. The Morgan fingerprint density at radius 3 is 1.93 bits per heavy atom. The summed E-state index contributed by atoms with van der Waals surface area (Å²) in [5.74, 6) is -2.21. The number of hydrogen-bond acceptors (Lipinski definition) is 3. The minimum Gasteiger partial charge on any atom is -0.481 e. The third-order valence-electron chi connectivity index (χ3n) is 2.22. The molecular formula is C10H16O5. The molecule has 0 bridgehead atoms. The minimum absolute atomic E-state index is 0.0247. The molecule has 15 heavy (non-hydrogen) atoms. The highest BCUT2D eigenvalue weighted by Crippen LogP contribution is 2.16. The van der Waals surface area contributed by atoms with Gasteiger partial charge in [-0.15, -0.1) is 0 Å². The monoisotopic (exact) mass is 216 g/mol. The summed E-state index contributed by atoms with van der Waals surface area (Å²) in [5, 5.41) is 16.9. The summed E-state index contributed by atoms with van der Waals surface area (Å²) >= 11 is 0. The highest BCUT2D eigenvalue weighted by atomic mass is 16.4. The zero-order valence-corrected chi connectivity index (χ0v) is 8.73. The van der Waals surface area contributed by atoms with E-state index in [4.69, 9.17) is 10.2 Å². The summed E-state index contributed by atoms with van der Waals surface area (Å²) in [6.07, 6.45) is 1.15. The first-order valence-electron chi connectivity index (χ1n) is 4.87. The van der Waals surface area contributed by atoms with Crippen molar-refractivity contribution in [2.75, 3.05) is 0 Å². The normalized spacial score (nSPS) is 12.1. The molecule has 0 aliphatic heterocycles. The van der Waals surface area contributed by atoms with Crippen molar-refractivity contribution in [3.63, 3.8) is 0 Å². The lowest BCUT2D eigenvalue weighted by molar-refractivity contribution is -0.139. The predicted octanol–water partition coefficient (Wildman–Crippen LogP) is 1.31. The first kappa shape index (κ1) is 13.6. The highest BCUT2D eigenvalue weighted by Gasteiger charge is 2.15. The Morgan fingerprint density at radius 2 is 1.53 bits per heavy atom. The Kier molecular flexibility index (Phi) is 6.33. The summed E-state index contributed by atoms with van der Waals surface area (Å²) < 4.78 is 0. The molecule has 0 aromatic heterocycles. The average Bonchev–Trinajstić information content (AvgIpc) is 2.09. The number of carboxylic acids is 2. The fourth-order valence-electron chi connectivity index (χ4n) is 1.35. The first-order valence-corrected chi connectivity index (χ1v) is 4.87. The Hall–Kier alpha value is -1.39. The number of carbonyl (C=O) groups is 3. The molecule has 0 saturated carbocycles. The van der Waals surface area contributed by atoms with Crippen LogP contribution in [0.1, 0.15) is 39.0 Å². The number of hydrogen-bond donors (Lipinski definition) is 2. The van der Waals surface area contributed by atoms with Crippen molar-refractivity contribution in [3.8, 4) is 0 Å². The molecule has 5 heteroatoms. The van der Waals surface area contributed by atoms with E-state index in [9.17, 15) is 14.4 Å². The van der Waals surface area contributed by atoms with Gasteiger partial charge in [-0.3, -0.25) is 14.4 Å². The van der Waals surface area contributed by atoms with Crippen LogP contribution >= 0.6 is 0 Å². The number of rotatable bonds is 8. The van der Waals surface area contributed by atoms with Crippen molar-refractivity contribution < 1.29 is 24.6 Å². The van der Waals surface area contributed by atoms with Crippen molar-refractivity contribution in [1.82, 2.24) is 0 Å². The summed E-state index contributed by atoms with van der Waals surface area (Å²) in [6.45, 7) is 1.41. The molecule has 1 atom stereocenters. The molecule has 86 valence electrons. The van der Waals surface area contributed by atoms with Crippen LogP contribution in [0.3, 0.4) is 0 Å². The van der Waals surface area contributed by atoms with Crippen LogP contribution in [0.15, 0.2) is 0 Å². The lowest BCUT2D eigenvalue weighted by Gasteiger charge is -2.11. The standard InChI is InChI=1S/C10H16O5/c1-7(11)8(5-6-10(14)15)3-2-4-9(12)13/h8H,2-6H2,1H3,(H,12,13)(H,14,15). The molecule has 0 aromatic rings. The summed E-state index contributed by atoms with van der Waals surface area (Å²) in [7, 11) is 0. The molecule has 0 heterocycles. The SMILES string of the molecule is CC(=O)C(CCCC(=O)O)CCC(=O)O. The van der Waals surface area contributed by atoms with Crippen LogP contribution in [0.25, 0.3) is 0 Å². The maximum Gasteiger partial charge on any atom is 0.303 e. The molecule has 0 saturated heterocycles. The Labute approximate surface area is 88.1 Å². The van der Waals surface area contributed by atoms with Gasteiger partial charge in [0.25, 0.3) is 0 Å². The summed E-state index contributed by atoms with van der Waals surface area (Å²) in [6, 6.07) is 0. The Bertz CT molecular complexity index is 246. The molecule has 1 unspecified atom stereocenters. The second-order valence-electron chi connectivity index (χ2n) is 3.53. The quantitative estimate of drug-likeness (QED) is 0.638. The van der Waals surface area contributed by atoms with Gasteiger partial charge in [0.1, 0.15) is 5.78 Å². The molecule has 0 rings (SSSR count). The Balaban J connectivity index is 3.88. The van der Waals surface area contributed by atoms with Gasteiger partial charge in [0.2, 0.25) is 0 Å². The van der Waals surface area contributed by atoms with Gasteiger partial charge < -0.3 is 10.2 Å². The number of aliphatic carboxylic acids is 2. The van der Waals surface area contributed by atoms with Gasteiger partial charge in [-0.2, -0.15) is 0 Å². The zero-order valence-electron chi connectivity index (χ0n) is 8.73.